The van der Waals surface area contributed by atoms with Crippen molar-refractivity contribution in [3.63, 3.8) is 0 Å². The van der Waals surface area contributed by atoms with E-state index in [-0.39, 0.29) is 11.2 Å². The SMILES string of the molecule is CCCOc1ccccc1C(=O)CCC(C)(C)CCN. The quantitative estimate of drug-likeness (QED) is 0.698. The number of Topliss-reactive ketones (excluding diaryl/α,β-unsaturated/α-hetero) is 1. The highest BCUT2D eigenvalue weighted by atomic mass is 16.5. The number of para-hydroxylation sites is 1. The molecule has 0 unspecified atom stereocenters. The lowest BCUT2D eigenvalue weighted by atomic mass is 9.83. The molecule has 0 saturated heterocycles. The van der Waals surface area contributed by atoms with E-state index in [4.69, 9.17) is 10.5 Å². The zero-order chi connectivity index (χ0) is 15.0. The predicted molar refractivity (Wildman–Crippen MR) is 83.2 cm³/mol. The van der Waals surface area contributed by atoms with Gasteiger partial charge in [0.05, 0.1) is 12.2 Å². The van der Waals surface area contributed by atoms with Gasteiger partial charge in [-0.05, 0) is 43.4 Å². The van der Waals surface area contributed by atoms with E-state index in [1.54, 1.807) is 0 Å². The van der Waals surface area contributed by atoms with Crippen molar-refractivity contribution in [1.82, 2.24) is 0 Å². The second-order valence-corrected chi connectivity index (χ2v) is 5.97. The lowest BCUT2D eigenvalue weighted by molar-refractivity contribution is 0.0957. The number of carbonyl (C=O) groups is 1. The summed E-state index contributed by atoms with van der Waals surface area (Å²) in [6.45, 7) is 7.68. The second-order valence-electron chi connectivity index (χ2n) is 5.97. The highest BCUT2D eigenvalue weighted by Crippen LogP contribution is 2.28. The van der Waals surface area contributed by atoms with Gasteiger partial charge in [-0.25, -0.2) is 0 Å². The Morgan fingerprint density at radius 1 is 1.25 bits per heavy atom. The summed E-state index contributed by atoms with van der Waals surface area (Å²) < 4.78 is 5.65. The van der Waals surface area contributed by atoms with Crippen LogP contribution in [-0.4, -0.2) is 18.9 Å². The van der Waals surface area contributed by atoms with E-state index >= 15 is 0 Å². The zero-order valence-corrected chi connectivity index (χ0v) is 12.9. The Morgan fingerprint density at radius 2 is 1.95 bits per heavy atom. The van der Waals surface area contributed by atoms with Crippen molar-refractivity contribution in [2.45, 2.75) is 46.5 Å². The molecule has 0 aliphatic rings. The molecule has 0 saturated carbocycles. The van der Waals surface area contributed by atoms with Crippen LogP contribution in [0.15, 0.2) is 24.3 Å². The number of ether oxygens (including phenoxy) is 1. The molecule has 3 nitrogen and oxygen atoms in total. The first-order valence-corrected chi connectivity index (χ1v) is 7.45. The van der Waals surface area contributed by atoms with E-state index in [9.17, 15) is 4.79 Å². The third kappa shape index (κ3) is 5.33. The van der Waals surface area contributed by atoms with Gasteiger partial charge in [-0.2, -0.15) is 0 Å². The Labute approximate surface area is 122 Å². The molecule has 1 aromatic carbocycles. The number of nitrogens with two attached hydrogens (primary N) is 1. The zero-order valence-electron chi connectivity index (χ0n) is 12.9. The summed E-state index contributed by atoms with van der Waals surface area (Å²) in [5, 5.41) is 0. The van der Waals surface area contributed by atoms with Gasteiger partial charge in [0.2, 0.25) is 0 Å². The van der Waals surface area contributed by atoms with Gasteiger partial charge in [0.15, 0.2) is 5.78 Å². The van der Waals surface area contributed by atoms with Crippen LogP contribution in [0, 0.1) is 5.41 Å². The van der Waals surface area contributed by atoms with Crippen LogP contribution in [0.25, 0.3) is 0 Å². The van der Waals surface area contributed by atoms with Crippen LogP contribution in [0.5, 0.6) is 5.75 Å². The molecule has 0 aliphatic heterocycles. The first-order valence-electron chi connectivity index (χ1n) is 7.45. The molecule has 0 atom stereocenters. The van der Waals surface area contributed by atoms with E-state index < -0.39 is 0 Å². The van der Waals surface area contributed by atoms with Gasteiger partial charge in [-0.15, -0.1) is 0 Å². The van der Waals surface area contributed by atoms with E-state index in [1.807, 2.05) is 24.3 Å². The van der Waals surface area contributed by atoms with Crippen molar-refractivity contribution in [1.29, 1.82) is 0 Å². The standard InChI is InChI=1S/C17H27NO2/c1-4-13-20-16-8-6-5-7-14(16)15(19)9-10-17(2,3)11-12-18/h5-8H,4,9-13,18H2,1-3H3. The van der Waals surface area contributed by atoms with Crippen molar-refractivity contribution >= 4 is 5.78 Å². The van der Waals surface area contributed by atoms with Crippen LogP contribution >= 0.6 is 0 Å². The van der Waals surface area contributed by atoms with Crippen LogP contribution in [0.1, 0.15) is 56.8 Å². The van der Waals surface area contributed by atoms with Crippen molar-refractivity contribution < 1.29 is 9.53 Å². The van der Waals surface area contributed by atoms with Gasteiger partial charge in [0.1, 0.15) is 5.75 Å². The molecule has 0 amide bonds. The number of hydrogen-bond acceptors (Lipinski definition) is 3. The summed E-state index contributed by atoms with van der Waals surface area (Å²) in [6.07, 6.45) is 3.27. The first-order chi connectivity index (χ1) is 9.50. The molecule has 0 heterocycles. The third-order valence-corrected chi connectivity index (χ3v) is 3.50. The molecule has 20 heavy (non-hydrogen) atoms. The summed E-state index contributed by atoms with van der Waals surface area (Å²) in [5.74, 6) is 0.859. The van der Waals surface area contributed by atoms with Crippen LogP contribution in [0.4, 0.5) is 0 Å². The largest absolute Gasteiger partial charge is 0.493 e. The fraction of sp³-hybridized carbons (Fsp3) is 0.588. The lowest BCUT2D eigenvalue weighted by Crippen LogP contribution is -2.18. The molecule has 0 fully saturated rings. The summed E-state index contributed by atoms with van der Waals surface area (Å²) in [4.78, 5) is 12.4. The maximum atomic E-state index is 12.4. The fourth-order valence-electron chi connectivity index (χ4n) is 2.14. The molecule has 1 rings (SSSR count). The molecule has 0 aromatic heterocycles. The van der Waals surface area contributed by atoms with E-state index in [0.29, 0.717) is 30.9 Å². The molecular formula is C17H27NO2. The Morgan fingerprint density at radius 3 is 2.60 bits per heavy atom. The Bertz CT molecular complexity index is 427. The van der Waals surface area contributed by atoms with Gasteiger partial charge >= 0.3 is 0 Å². The molecule has 0 aliphatic carbocycles. The van der Waals surface area contributed by atoms with Crippen LogP contribution in [0.2, 0.25) is 0 Å². The normalized spacial score (nSPS) is 11.4. The summed E-state index contributed by atoms with van der Waals surface area (Å²) in [5.41, 5.74) is 6.42. The van der Waals surface area contributed by atoms with Gasteiger partial charge in [-0.1, -0.05) is 32.9 Å². The van der Waals surface area contributed by atoms with Crippen LogP contribution in [0.3, 0.4) is 0 Å². The van der Waals surface area contributed by atoms with Crippen LogP contribution in [-0.2, 0) is 0 Å². The topological polar surface area (TPSA) is 52.3 Å². The van der Waals surface area contributed by atoms with Crippen molar-refractivity contribution in [3.8, 4) is 5.75 Å². The van der Waals surface area contributed by atoms with E-state index in [0.717, 1.165) is 19.3 Å². The van der Waals surface area contributed by atoms with Crippen molar-refractivity contribution in [3.05, 3.63) is 29.8 Å². The molecule has 0 bridgehead atoms. The second kappa shape index (κ2) is 8.05. The number of benzene rings is 1. The summed E-state index contributed by atoms with van der Waals surface area (Å²) in [7, 11) is 0. The lowest BCUT2D eigenvalue weighted by Gasteiger charge is -2.23. The molecule has 2 N–H and O–H groups in total. The van der Waals surface area contributed by atoms with Gasteiger partial charge < -0.3 is 10.5 Å². The Balaban J connectivity index is 2.67. The minimum Gasteiger partial charge on any atom is -0.493 e. The van der Waals surface area contributed by atoms with Gasteiger partial charge in [0, 0.05) is 6.42 Å². The molecule has 0 spiro atoms. The number of ketones is 1. The van der Waals surface area contributed by atoms with Crippen molar-refractivity contribution in [2.75, 3.05) is 13.2 Å². The fourth-order valence-corrected chi connectivity index (χ4v) is 2.14. The molecule has 3 heteroatoms. The molecular weight excluding hydrogens is 250 g/mol. The number of rotatable bonds is 9. The van der Waals surface area contributed by atoms with Gasteiger partial charge in [0.25, 0.3) is 0 Å². The first kappa shape index (κ1) is 16.7. The number of carbonyl (C=O) groups excluding carboxylic acids is 1. The van der Waals surface area contributed by atoms with Gasteiger partial charge in [-0.3, -0.25) is 4.79 Å². The van der Waals surface area contributed by atoms with Crippen LogP contribution < -0.4 is 10.5 Å². The monoisotopic (exact) mass is 277 g/mol. The average molecular weight is 277 g/mol. The smallest absolute Gasteiger partial charge is 0.166 e. The van der Waals surface area contributed by atoms with Crippen molar-refractivity contribution in [2.24, 2.45) is 11.1 Å². The molecule has 1 aromatic rings. The number of hydrogen-bond donors (Lipinski definition) is 1. The highest BCUT2D eigenvalue weighted by Gasteiger charge is 2.20. The maximum absolute atomic E-state index is 12.4. The Kier molecular flexibility index (Phi) is 6.73. The summed E-state index contributed by atoms with van der Waals surface area (Å²) in [6, 6.07) is 7.51. The minimum absolute atomic E-state index is 0.115. The molecule has 0 radical (unpaired) electrons. The molecule has 112 valence electrons. The maximum Gasteiger partial charge on any atom is 0.166 e. The average Bonchev–Trinajstić information content (AvgIpc) is 2.43. The predicted octanol–water partition coefficient (Wildman–Crippen LogP) is 3.81. The minimum atomic E-state index is 0.115. The van der Waals surface area contributed by atoms with E-state index in [2.05, 4.69) is 20.8 Å². The Hall–Kier alpha value is -1.35. The summed E-state index contributed by atoms with van der Waals surface area (Å²) >= 11 is 0. The van der Waals surface area contributed by atoms with E-state index in [1.165, 1.54) is 0 Å². The highest BCUT2D eigenvalue weighted by molar-refractivity contribution is 5.98. The third-order valence-electron chi connectivity index (χ3n) is 3.50.